The van der Waals surface area contributed by atoms with Crippen molar-refractivity contribution < 1.29 is 28.5 Å². The first-order valence-electron chi connectivity index (χ1n) is 6.30. The second-order valence-corrected chi connectivity index (χ2v) is 3.92. The first-order chi connectivity index (χ1) is 9.15. The maximum Gasteiger partial charge on any atom is 0.321 e. The SMILES string of the molecule is CCOC(=O)C(C(=O)OCC)[C@H]1C=CCO[C@@H]1OC. The number of rotatable bonds is 6. The number of carbonyl (C=O) groups excluding carboxylic acids is 2. The van der Waals surface area contributed by atoms with Crippen molar-refractivity contribution in [2.24, 2.45) is 11.8 Å². The van der Waals surface area contributed by atoms with E-state index in [1.165, 1.54) is 7.11 Å². The second-order valence-electron chi connectivity index (χ2n) is 3.92. The third-order valence-electron chi connectivity index (χ3n) is 2.73. The highest BCUT2D eigenvalue weighted by atomic mass is 16.7. The summed E-state index contributed by atoms with van der Waals surface area (Å²) in [7, 11) is 1.46. The molecule has 0 aromatic rings. The fraction of sp³-hybridized carbons (Fsp3) is 0.692. The number of carbonyl (C=O) groups is 2. The molecule has 1 aliphatic rings. The molecule has 19 heavy (non-hydrogen) atoms. The molecule has 108 valence electrons. The molecule has 0 spiro atoms. The highest BCUT2D eigenvalue weighted by Crippen LogP contribution is 2.26. The zero-order valence-electron chi connectivity index (χ0n) is 11.5. The van der Waals surface area contributed by atoms with Crippen molar-refractivity contribution in [3.05, 3.63) is 12.2 Å². The van der Waals surface area contributed by atoms with Gasteiger partial charge in [0.05, 0.1) is 25.7 Å². The summed E-state index contributed by atoms with van der Waals surface area (Å²) in [6.07, 6.45) is 2.81. The van der Waals surface area contributed by atoms with E-state index < -0.39 is 30.1 Å². The molecule has 0 radical (unpaired) electrons. The van der Waals surface area contributed by atoms with Crippen LogP contribution in [0.1, 0.15) is 13.8 Å². The van der Waals surface area contributed by atoms with Gasteiger partial charge < -0.3 is 18.9 Å². The molecule has 2 atom stereocenters. The van der Waals surface area contributed by atoms with Gasteiger partial charge in [-0.15, -0.1) is 0 Å². The third-order valence-corrected chi connectivity index (χ3v) is 2.73. The molecule has 0 bridgehead atoms. The maximum atomic E-state index is 12.0. The van der Waals surface area contributed by atoms with Gasteiger partial charge in [0.25, 0.3) is 0 Å². The summed E-state index contributed by atoms with van der Waals surface area (Å²) in [4.78, 5) is 23.9. The summed E-state index contributed by atoms with van der Waals surface area (Å²) in [5, 5.41) is 0. The minimum absolute atomic E-state index is 0.198. The number of hydrogen-bond acceptors (Lipinski definition) is 6. The predicted molar refractivity (Wildman–Crippen MR) is 66.1 cm³/mol. The van der Waals surface area contributed by atoms with Gasteiger partial charge in [-0.25, -0.2) is 0 Å². The molecule has 0 aromatic carbocycles. The molecule has 0 aliphatic carbocycles. The van der Waals surface area contributed by atoms with E-state index >= 15 is 0 Å². The Balaban J connectivity index is 2.93. The van der Waals surface area contributed by atoms with Crippen molar-refractivity contribution in [2.45, 2.75) is 20.1 Å². The van der Waals surface area contributed by atoms with Gasteiger partial charge in [-0.1, -0.05) is 12.2 Å². The Morgan fingerprint density at radius 3 is 2.32 bits per heavy atom. The third kappa shape index (κ3) is 4.04. The van der Waals surface area contributed by atoms with Gasteiger partial charge in [-0.2, -0.15) is 0 Å². The molecule has 6 heteroatoms. The van der Waals surface area contributed by atoms with Crippen molar-refractivity contribution in [2.75, 3.05) is 26.9 Å². The Hall–Kier alpha value is -1.40. The normalized spacial score (nSPS) is 22.3. The topological polar surface area (TPSA) is 71.1 Å². The summed E-state index contributed by atoms with van der Waals surface area (Å²) < 4.78 is 20.4. The monoisotopic (exact) mass is 272 g/mol. The van der Waals surface area contributed by atoms with Gasteiger partial charge in [0.15, 0.2) is 12.2 Å². The summed E-state index contributed by atoms with van der Waals surface area (Å²) in [5.41, 5.74) is 0. The average molecular weight is 272 g/mol. The molecule has 1 heterocycles. The molecule has 1 aliphatic heterocycles. The summed E-state index contributed by atoms with van der Waals surface area (Å²) in [6.45, 7) is 4.14. The molecule has 0 N–H and O–H groups in total. The summed E-state index contributed by atoms with van der Waals surface area (Å²) >= 11 is 0. The quantitative estimate of drug-likeness (QED) is 0.406. The molecule has 1 rings (SSSR count). The minimum Gasteiger partial charge on any atom is -0.465 e. The predicted octanol–water partition coefficient (Wildman–Crippen LogP) is 0.904. The lowest BCUT2D eigenvalue weighted by atomic mass is 9.90. The lowest BCUT2D eigenvalue weighted by Gasteiger charge is -2.30. The van der Waals surface area contributed by atoms with Crippen LogP contribution in [-0.4, -0.2) is 45.2 Å². The zero-order valence-corrected chi connectivity index (χ0v) is 11.5. The van der Waals surface area contributed by atoms with Crippen LogP contribution in [0.4, 0.5) is 0 Å². The van der Waals surface area contributed by atoms with E-state index in [-0.39, 0.29) is 13.2 Å². The van der Waals surface area contributed by atoms with Crippen LogP contribution in [0.2, 0.25) is 0 Å². The Morgan fingerprint density at radius 1 is 1.26 bits per heavy atom. The Labute approximate surface area is 112 Å². The van der Waals surface area contributed by atoms with E-state index in [1.807, 2.05) is 0 Å². The van der Waals surface area contributed by atoms with Crippen LogP contribution in [0.25, 0.3) is 0 Å². The number of hydrogen-bond donors (Lipinski definition) is 0. The van der Waals surface area contributed by atoms with Crippen molar-refractivity contribution in [3.8, 4) is 0 Å². The van der Waals surface area contributed by atoms with Gasteiger partial charge in [0.1, 0.15) is 0 Å². The smallest absolute Gasteiger partial charge is 0.321 e. The standard InChI is InChI=1S/C13H20O6/c1-4-17-11(14)10(12(15)18-5-2)9-7-6-8-19-13(9)16-3/h6-7,9-10,13H,4-5,8H2,1-3H3/t9-,13+/m1/s1. The summed E-state index contributed by atoms with van der Waals surface area (Å²) in [6, 6.07) is 0. The Kier molecular flexibility index (Phi) is 6.52. The maximum absolute atomic E-state index is 12.0. The molecule has 0 saturated heterocycles. The fourth-order valence-electron chi connectivity index (χ4n) is 1.93. The zero-order chi connectivity index (χ0) is 14.3. The minimum atomic E-state index is -1.07. The van der Waals surface area contributed by atoms with Crippen molar-refractivity contribution in [1.82, 2.24) is 0 Å². The van der Waals surface area contributed by atoms with Crippen LogP contribution in [0.3, 0.4) is 0 Å². The molecule has 6 nitrogen and oxygen atoms in total. The first kappa shape index (κ1) is 15.7. The Morgan fingerprint density at radius 2 is 1.84 bits per heavy atom. The molecule has 0 amide bonds. The van der Waals surface area contributed by atoms with E-state index in [1.54, 1.807) is 26.0 Å². The Bertz CT molecular complexity index is 320. The van der Waals surface area contributed by atoms with Crippen LogP contribution in [0.15, 0.2) is 12.2 Å². The molecule has 0 fully saturated rings. The molecule has 0 unspecified atom stereocenters. The van der Waals surface area contributed by atoms with Crippen LogP contribution < -0.4 is 0 Å². The van der Waals surface area contributed by atoms with Crippen LogP contribution in [-0.2, 0) is 28.5 Å². The van der Waals surface area contributed by atoms with Gasteiger partial charge in [0, 0.05) is 7.11 Å². The highest BCUT2D eigenvalue weighted by molar-refractivity contribution is 5.95. The van der Waals surface area contributed by atoms with Gasteiger partial charge in [0.2, 0.25) is 0 Å². The van der Waals surface area contributed by atoms with E-state index in [0.29, 0.717) is 6.61 Å². The van der Waals surface area contributed by atoms with E-state index in [9.17, 15) is 9.59 Å². The van der Waals surface area contributed by atoms with E-state index in [2.05, 4.69) is 0 Å². The van der Waals surface area contributed by atoms with Crippen molar-refractivity contribution >= 4 is 11.9 Å². The lowest BCUT2D eigenvalue weighted by Crippen LogP contribution is -2.42. The number of ether oxygens (including phenoxy) is 4. The second kappa shape index (κ2) is 7.91. The average Bonchev–Trinajstić information content (AvgIpc) is 2.40. The van der Waals surface area contributed by atoms with Crippen molar-refractivity contribution in [1.29, 1.82) is 0 Å². The van der Waals surface area contributed by atoms with Gasteiger partial charge >= 0.3 is 11.9 Å². The van der Waals surface area contributed by atoms with Crippen LogP contribution >= 0.6 is 0 Å². The number of methoxy groups -OCH3 is 1. The first-order valence-corrected chi connectivity index (χ1v) is 6.30. The van der Waals surface area contributed by atoms with Crippen LogP contribution in [0, 0.1) is 11.8 Å². The molecule has 0 saturated carbocycles. The number of esters is 2. The molecule has 0 aromatic heterocycles. The van der Waals surface area contributed by atoms with Crippen molar-refractivity contribution in [3.63, 3.8) is 0 Å². The van der Waals surface area contributed by atoms with Crippen LogP contribution in [0.5, 0.6) is 0 Å². The van der Waals surface area contributed by atoms with E-state index in [0.717, 1.165) is 0 Å². The van der Waals surface area contributed by atoms with Gasteiger partial charge in [-0.05, 0) is 13.8 Å². The molecular formula is C13H20O6. The fourth-order valence-corrected chi connectivity index (χ4v) is 1.93. The van der Waals surface area contributed by atoms with Gasteiger partial charge in [-0.3, -0.25) is 9.59 Å². The molecular weight excluding hydrogens is 252 g/mol. The lowest BCUT2D eigenvalue weighted by molar-refractivity contribution is -0.184. The summed E-state index contributed by atoms with van der Waals surface area (Å²) in [5.74, 6) is -2.86. The van der Waals surface area contributed by atoms with E-state index in [4.69, 9.17) is 18.9 Å². The largest absolute Gasteiger partial charge is 0.465 e. The highest BCUT2D eigenvalue weighted by Gasteiger charge is 2.42.